The number of aryl methyl sites for hydroxylation is 1. The minimum absolute atomic E-state index is 0.0768. The van der Waals surface area contributed by atoms with E-state index in [1.54, 1.807) is 0 Å². The maximum absolute atomic E-state index is 12.2. The number of nitrogens with two attached hydrogens (primary N) is 1. The molecule has 0 aliphatic carbocycles. The second-order valence-corrected chi connectivity index (χ2v) is 5.29. The lowest BCUT2D eigenvalue weighted by atomic mass is 10.0. The molecule has 2 N–H and O–H groups in total. The minimum atomic E-state index is -0.0768. The molecule has 0 aliphatic heterocycles. The van der Waals surface area contributed by atoms with Crippen molar-refractivity contribution in [2.75, 3.05) is 6.54 Å². The Kier molecular flexibility index (Phi) is 5.96. The fourth-order valence-electron chi connectivity index (χ4n) is 1.83. The molecular weight excluding hydrogens is 238 g/mol. The maximum Gasteiger partial charge on any atom is 0.224 e. The zero-order valence-electron chi connectivity index (χ0n) is 12.4. The van der Waals surface area contributed by atoms with Crippen LogP contribution in [-0.4, -0.2) is 28.4 Å². The number of pyridine rings is 1. The van der Waals surface area contributed by atoms with Gasteiger partial charge in [-0.05, 0) is 31.9 Å². The van der Waals surface area contributed by atoms with Crippen molar-refractivity contribution < 1.29 is 4.79 Å². The van der Waals surface area contributed by atoms with Crippen molar-refractivity contribution in [2.45, 2.75) is 46.7 Å². The fourth-order valence-corrected chi connectivity index (χ4v) is 1.83. The second kappa shape index (κ2) is 7.24. The van der Waals surface area contributed by atoms with Gasteiger partial charge in [-0.15, -0.1) is 0 Å². The summed E-state index contributed by atoms with van der Waals surface area (Å²) in [6.45, 7) is 9.25. The first-order chi connectivity index (χ1) is 8.93. The SMILES string of the molecule is CCN(Cc1cccc(C)n1)C(=O)CC(N)C(C)C. The molecule has 1 atom stereocenters. The predicted octanol–water partition coefficient (Wildman–Crippen LogP) is 2.11. The van der Waals surface area contributed by atoms with Crippen LogP contribution in [0.1, 0.15) is 38.6 Å². The molecule has 4 heteroatoms. The summed E-state index contributed by atoms with van der Waals surface area (Å²) in [7, 11) is 0. The van der Waals surface area contributed by atoms with Gasteiger partial charge in [0, 0.05) is 24.7 Å². The Hall–Kier alpha value is -1.42. The predicted molar refractivity (Wildman–Crippen MR) is 77.5 cm³/mol. The molecule has 0 fully saturated rings. The van der Waals surface area contributed by atoms with Crippen molar-refractivity contribution >= 4 is 5.91 Å². The van der Waals surface area contributed by atoms with E-state index in [0.29, 0.717) is 25.4 Å². The molecule has 0 aromatic carbocycles. The third-order valence-corrected chi connectivity index (χ3v) is 3.30. The van der Waals surface area contributed by atoms with E-state index >= 15 is 0 Å². The molecule has 1 amide bonds. The Bertz CT molecular complexity index is 418. The van der Waals surface area contributed by atoms with Crippen molar-refractivity contribution in [3.8, 4) is 0 Å². The number of hydrogen-bond acceptors (Lipinski definition) is 3. The van der Waals surface area contributed by atoms with Gasteiger partial charge in [-0.3, -0.25) is 9.78 Å². The highest BCUT2D eigenvalue weighted by Crippen LogP contribution is 2.09. The number of rotatable bonds is 6. The molecule has 0 radical (unpaired) electrons. The Balaban J connectivity index is 2.65. The highest BCUT2D eigenvalue weighted by atomic mass is 16.2. The van der Waals surface area contributed by atoms with Gasteiger partial charge in [0.2, 0.25) is 5.91 Å². The summed E-state index contributed by atoms with van der Waals surface area (Å²) >= 11 is 0. The van der Waals surface area contributed by atoms with Gasteiger partial charge in [-0.25, -0.2) is 0 Å². The first-order valence-electron chi connectivity index (χ1n) is 6.90. The lowest BCUT2D eigenvalue weighted by molar-refractivity contribution is -0.132. The highest BCUT2D eigenvalue weighted by molar-refractivity contribution is 5.76. The number of aromatic nitrogens is 1. The van der Waals surface area contributed by atoms with Gasteiger partial charge in [0.1, 0.15) is 0 Å². The monoisotopic (exact) mass is 263 g/mol. The molecule has 0 aliphatic rings. The largest absolute Gasteiger partial charge is 0.337 e. The average molecular weight is 263 g/mol. The van der Waals surface area contributed by atoms with Crippen molar-refractivity contribution in [3.05, 3.63) is 29.6 Å². The molecule has 1 unspecified atom stereocenters. The first kappa shape index (κ1) is 15.6. The van der Waals surface area contributed by atoms with Crippen molar-refractivity contribution in [1.29, 1.82) is 0 Å². The molecule has 1 aromatic rings. The molecule has 0 saturated heterocycles. The van der Waals surface area contributed by atoms with Gasteiger partial charge >= 0.3 is 0 Å². The lowest BCUT2D eigenvalue weighted by Gasteiger charge is -2.23. The molecule has 4 nitrogen and oxygen atoms in total. The van der Waals surface area contributed by atoms with Gasteiger partial charge in [0.05, 0.1) is 12.2 Å². The van der Waals surface area contributed by atoms with Gasteiger partial charge in [-0.1, -0.05) is 19.9 Å². The summed E-state index contributed by atoms with van der Waals surface area (Å²) in [5.74, 6) is 0.423. The smallest absolute Gasteiger partial charge is 0.224 e. The van der Waals surface area contributed by atoms with Crippen LogP contribution in [0.4, 0.5) is 0 Å². The average Bonchev–Trinajstić information content (AvgIpc) is 2.35. The summed E-state index contributed by atoms with van der Waals surface area (Å²) in [6.07, 6.45) is 0.400. The summed E-state index contributed by atoms with van der Waals surface area (Å²) in [5, 5.41) is 0. The summed E-state index contributed by atoms with van der Waals surface area (Å²) in [4.78, 5) is 18.4. The van der Waals surface area contributed by atoms with E-state index in [9.17, 15) is 4.79 Å². The zero-order chi connectivity index (χ0) is 14.4. The maximum atomic E-state index is 12.2. The van der Waals surface area contributed by atoms with E-state index in [-0.39, 0.29) is 11.9 Å². The van der Waals surface area contributed by atoms with Crippen LogP contribution in [0.5, 0.6) is 0 Å². The van der Waals surface area contributed by atoms with Crippen LogP contribution in [0, 0.1) is 12.8 Å². The van der Waals surface area contributed by atoms with Gasteiger partial charge in [0.25, 0.3) is 0 Å². The van der Waals surface area contributed by atoms with Crippen molar-refractivity contribution in [2.24, 2.45) is 11.7 Å². The van der Waals surface area contributed by atoms with E-state index in [1.807, 2.05) is 50.8 Å². The Morgan fingerprint density at radius 1 is 1.42 bits per heavy atom. The van der Waals surface area contributed by atoms with Crippen molar-refractivity contribution in [1.82, 2.24) is 9.88 Å². The molecule has 0 saturated carbocycles. The minimum Gasteiger partial charge on any atom is -0.337 e. The topological polar surface area (TPSA) is 59.2 Å². The van der Waals surface area contributed by atoms with E-state index in [2.05, 4.69) is 4.98 Å². The summed E-state index contributed by atoms with van der Waals surface area (Å²) in [5.41, 5.74) is 7.86. The normalized spacial score (nSPS) is 12.5. The van der Waals surface area contributed by atoms with Crippen LogP contribution in [-0.2, 0) is 11.3 Å². The Labute approximate surface area is 116 Å². The second-order valence-electron chi connectivity index (χ2n) is 5.29. The first-order valence-corrected chi connectivity index (χ1v) is 6.90. The fraction of sp³-hybridized carbons (Fsp3) is 0.600. The third-order valence-electron chi connectivity index (χ3n) is 3.30. The van der Waals surface area contributed by atoms with Crippen LogP contribution in [0.25, 0.3) is 0 Å². The van der Waals surface area contributed by atoms with Crippen LogP contribution in [0.2, 0.25) is 0 Å². The number of carbonyl (C=O) groups is 1. The van der Waals surface area contributed by atoms with Crippen LogP contribution >= 0.6 is 0 Å². The van der Waals surface area contributed by atoms with E-state index in [4.69, 9.17) is 5.73 Å². The summed E-state index contributed by atoms with van der Waals surface area (Å²) < 4.78 is 0. The van der Waals surface area contributed by atoms with Crippen LogP contribution in [0.15, 0.2) is 18.2 Å². The lowest BCUT2D eigenvalue weighted by Crippen LogP contribution is -2.37. The summed E-state index contributed by atoms with van der Waals surface area (Å²) in [6, 6.07) is 5.80. The molecule has 1 aromatic heterocycles. The van der Waals surface area contributed by atoms with Crippen LogP contribution in [0.3, 0.4) is 0 Å². The number of amides is 1. The van der Waals surface area contributed by atoms with E-state index < -0.39 is 0 Å². The van der Waals surface area contributed by atoms with Crippen LogP contribution < -0.4 is 5.73 Å². The molecule has 1 heterocycles. The molecule has 0 bridgehead atoms. The van der Waals surface area contributed by atoms with E-state index in [1.165, 1.54) is 0 Å². The Morgan fingerprint density at radius 3 is 2.63 bits per heavy atom. The van der Waals surface area contributed by atoms with Gasteiger partial charge in [-0.2, -0.15) is 0 Å². The highest BCUT2D eigenvalue weighted by Gasteiger charge is 2.18. The van der Waals surface area contributed by atoms with Crippen molar-refractivity contribution in [3.63, 3.8) is 0 Å². The van der Waals surface area contributed by atoms with Gasteiger partial charge in [0.15, 0.2) is 0 Å². The molecule has 19 heavy (non-hydrogen) atoms. The van der Waals surface area contributed by atoms with E-state index in [0.717, 1.165) is 11.4 Å². The Morgan fingerprint density at radius 2 is 2.11 bits per heavy atom. The molecular formula is C15H25N3O. The third kappa shape index (κ3) is 4.99. The zero-order valence-corrected chi connectivity index (χ0v) is 12.4. The molecule has 0 spiro atoms. The van der Waals surface area contributed by atoms with Gasteiger partial charge < -0.3 is 10.6 Å². The quantitative estimate of drug-likeness (QED) is 0.855. The molecule has 1 rings (SSSR count). The standard InChI is InChI=1S/C15H25N3O/c1-5-18(15(19)9-14(16)11(2)3)10-13-8-6-7-12(4)17-13/h6-8,11,14H,5,9-10,16H2,1-4H3. The number of hydrogen-bond donors (Lipinski definition) is 1. The molecule has 106 valence electrons. The number of nitrogens with zero attached hydrogens (tertiary/aromatic N) is 2. The number of carbonyl (C=O) groups excluding carboxylic acids is 1.